The van der Waals surface area contributed by atoms with Crippen LogP contribution in [0.1, 0.15) is 12.3 Å². The van der Waals surface area contributed by atoms with E-state index in [1.165, 1.54) is 0 Å². The largest absolute Gasteiger partial charge is 0.406 e. The molecule has 1 aliphatic rings. The van der Waals surface area contributed by atoms with Gasteiger partial charge in [0.1, 0.15) is 6.54 Å². The van der Waals surface area contributed by atoms with Crippen molar-refractivity contribution < 1.29 is 22.1 Å². The quantitative estimate of drug-likeness (QED) is 0.390. The number of hydrogen-bond donors (Lipinski definition) is 2. The first kappa shape index (κ1) is 23.0. The number of hydrogen-bond acceptors (Lipinski definition) is 7. The lowest BCUT2D eigenvalue weighted by Crippen LogP contribution is -2.39. The third-order valence-electron chi connectivity index (χ3n) is 5.75. The number of likely N-dealkylation sites (tertiary alicyclic amines) is 1. The van der Waals surface area contributed by atoms with Gasteiger partial charge in [-0.1, -0.05) is 11.2 Å². The molecule has 13 heteroatoms. The summed E-state index contributed by atoms with van der Waals surface area (Å²) in [7, 11) is 1.83. The molecule has 0 spiro atoms. The first-order valence-corrected chi connectivity index (χ1v) is 10.9. The van der Waals surface area contributed by atoms with Crippen LogP contribution in [-0.4, -0.2) is 68.0 Å². The molecule has 35 heavy (non-hydrogen) atoms. The van der Waals surface area contributed by atoms with Gasteiger partial charge in [0.25, 0.3) is 0 Å². The Morgan fingerprint density at radius 2 is 2.17 bits per heavy atom. The van der Waals surface area contributed by atoms with Crippen LogP contribution in [0.15, 0.2) is 46.2 Å². The normalized spacial score (nSPS) is 18.5. The molecule has 1 atom stereocenters. The van der Waals surface area contributed by atoms with Crippen LogP contribution >= 0.6 is 0 Å². The molecule has 184 valence electrons. The van der Waals surface area contributed by atoms with Gasteiger partial charge in [0.05, 0.1) is 41.0 Å². The lowest BCUT2D eigenvalue weighted by atomic mass is 10.1. The summed E-state index contributed by atoms with van der Waals surface area (Å²) in [6.07, 6.45) is -2.08. The van der Waals surface area contributed by atoms with Crippen LogP contribution in [0, 0.1) is 0 Å². The van der Waals surface area contributed by atoms with E-state index in [2.05, 4.69) is 30.6 Å². The molecule has 0 amide bonds. The zero-order chi connectivity index (χ0) is 24.6. The second-order valence-electron chi connectivity index (χ2n) is 8.38. The average Bonchev–Trinajstić information content (AvgIpc) is 3.54. The number of rotatable bonds is 6. The van der Waals surface area contributed by atoms with E-state index in [-0.39, 0.29) is 30.5 Å². The topological polar surface area (TPSA) is 100 Å². The van der Waals surface area contributed by atoms with Gasteiger partial charge in [0, 0.05) is 31.1 Å². The van der Waals surface area contributed by atoms with Gasteiger partial charge in [-0.05, 0) is 25.2 Å². The predicted octanol–water partition coefficient (Wildman–Crippen LogP) is 4.33. The number of halogens is 4. The minimum Gasteiger partial charge on any atom is -0.374 e. The Bertz CT molecular complexity index is 1340. The van der Waals surface area contributed by atoms with Crippen LogP contribution in [0.25, 0.3) is 22.4 Å². The Balaban J connectivity index is 1.53. The van der Waals surface area contributed by atoms with Crippen molar-refractivity contribution in [1.29, 1.82) is 0 Å². The molecule has 1 aromatic carbocycles. The molecule has 5 rings (SSSR count). The summed E-state index contributed by atoms with van der Waals surface area (Å²) >= 11 is 0. The second-order valence-corrected chi connectivity index (χ2v) is 8.38. The molecule has 0 radical (unpaired) electrons. The van der Waals surface area contributed by atoms with Gasteiger partial charge < -0.3 is 19.3 Å². The van der Waals surface area contributed by atoms with Crippen molar-refractivity contribution in [3.05, 3.63) is 42.5 Å². The average molecular weight is 490 g/mol. The van der Waals surface area contributed by atoms with Gasteiger partial charge in [-0.3, -0.25) is 10.1 Å². The Kier molecular flexibility index (Phi) is 6.01. The van der Waals surface area contributed by atoms with E-state index < -0.39 is 18.9 Å². The molecule has 0 bridgehead atoms. The number of benzene rings is 1. The maximum atomic E-state index is 14.6. The molecule has 0 saturated carbocycles. The van der Waals surface area contributed by atoms with Crippen LogP contribution in [0.5, 0.6) is 0 Å². The number of nitrogens with one attached hydrogen (secondary N) is 2. The lowest BCUT2D eigenvalue weighted by molar-refractivity contribution is -0.139. The van der Waals surface area contributed by atoms with Gasteiger partial charge in [-0.2, -0.15) is 23.3 Å². The highest BCUT2D eigenvalue weighted by atomic mass is 19.4. The first-order valence-electron chi connectivity index (χ1n) is 10.9. The van der Waals surface area contributed by atoms with Crippen LogP contribution in [-0.2, 0) is 13.1 Å². The second kappa shape index (κ2) is 9.13. The SMILES string of the molecule is CN1CC/C(=N\c2cccc3c2cc(-c2noc(CNc4cn[nH]c4)n2)n3CC(F)(F)F)[C@@H](F)C1. The van der Waals surface area contributed by atoms with E-state index in [0.717, 1.165) is 4.57 Å². The summed E-state index contributed by atoms with van der Waals surface area (Å²) < 4.78 is 61.4. The third kappa shape index (κ3) is 5.04. The molecule has 0 aliphatic carbocycles. The van der Waals surface area contributed by atoms with Crippen molar-refractivity contribution in [3.8, 4) is 11.5 Å². The predicted molar refractivity (Wildman–Crippen MR) is 121 cm³/mol. The van der Waals surface area contributed by atoms with Crippen molar-refractivity contribution in [2.24, 2.45) is 4.99 Å². The van der Waals surface area contributed by atoms with Crippen LogP contribution in [0.4, 0.5) is 28.9 Å². The zero-order valence-corrected chi connectivity index (χ0v) is 18.7. The third-order valence-corrected chi connectivity index (χ3v) is 5.75. The number of aromatic amines is 1. The van der Waals surface area contributed by atoms with Crippen molar-refractivity contribution in [1.82, 2.24) is 29.8 Å². The molecule has 2 N–H and O–H groups in total. The summed E-state index contributed by atoms with van der Waals surface area (Å²) in [6, 6.07) is 6.38. The van der Waals surface area contributed by atoms with Gasteiger partial charge >= 0.3 is 6.18 Å². The molecule has 4 aromatic rings. The Morgan fingerprint density at radius 1 is 1.31 bits per heavy atom. The molecule has 9 nitrogen and oxygen atoms in total. The van der Waals surface area contributed by atoms with E-state index in [1.807, 2.05) is 11.9 Å². The van der Waals surface area contributed by atoms with Gasteiger partial charge in [-0.15, -0.1) is 0 Å². The summed E-state index contributed by atoms with van der Waals surface area (Å²) in [6.45, 7) is -0.196. The highest BCUT2D eigenvalue weighted by Crippen LogP contribution is 2.35. The molecule has 4 heterocycles. The fourth-order valence-corrected chi connectivity index (χ4v) is 4.07. The molecule has 0 unspecified atom stereocenters. The highest BCUT2D eigenvalue weighted by molar-refractivity contribution is 5.99. The minimum atomic E-state index is -4.49. The Hall–Kier alpha value is -3.74. The number of alkyl halides is 4. The van der Waals surface area contributed by atoms with E-state index in [9.17, 15) is 17.6 Å². The van der Waals surface area contributed by atoms with Crippen LogP contribution < -0.4 is 5.32 Å². The summed E-state index contributed by atoms with van der Waals surface area (Å²) in [5.41, 5.74) is 1.90. The number of piperidine rings is 1. The van der Waals surface area contributed by atoms with E-state index >= 15 is 0 Å². The molecular formula is C22H22F4N8O. The van der Waals surface area contributed by atoms with E-state index in [0.29, 0.717) is 41.0 Å². The minimum absolute atomic E-state index is 0.00991. The Labute approximate surface area is 196 Å². The van der Waals surface area contributed by atoms with Gasteiger partial charge in [-0.25, -0.2) is 4.39 Å². The monoisotopic (exact) mass is 490 g/mol. The number of aliphatic imine (C=N–C) groups is 1. The van der Waals surface area contributed by atoms with Gasteiger partial charge in [0.15, 0.2) is 6.17 Å². The summed E-state index contributed by atoms with van der Waals surface area (Å²) in [4.78, 5) is 10.7. The number of aromatic nitrogens is 5. The zero-order valence-electron chi connectivity index (χ0n) is 18.7. The standard InChI is InChI=1S/C22H22F4N8O/c1-33-6-5-17(15(23)11-33)30-16-3-2-4-18-14(16)7-19(34(18)12-22(24,25)26)21-31-20(35-32-21)10-27-13-8-28-29-9-13/h2-4,7-9,15,27H,5-6,10-12H2,1H3,(H,28,29)/b30-17+/t15-/m0/s1. The molecule has 3 aromatic heterocycles. The maximum Gasteiger partial charge on any atom is 0.406 e. The van der Waals surface area contributed by atoms with Crippen molar-refractivity contribution in [3.63, 3.8) is 0 Å². The number of anilines is 1. The van der Waals surface area contributed by atoms with Crippen molar-refractivity contribution in [2.45, 2.75) is 31.9 Å². The van der Waals surface area contributed by atoms with Gasteiger partial charge in [0.2, 0.25) is 11.7 Å². The number of fused-ring (bicyclic) bond motifs is 1. The fraction of sp³-hybridized carbons (Fsp3) is 0.364. The van der Waals surface area contributed by atoms with E-state index in [1.54, 1.807) is 36.7 Å². The van der Waals surface area contributed by atoms with E-state index in [4.69, 9.17) is 4.52 Å². The maximum absolute atomic E-state index is 14.6. The van der Waals surface area contributed by atoms with Crippen LogP contribution in [0.3, 0.4) is 0 Å². The van der Waals surface area contributed by atoms with Crippen molar-refractivity contribution in [2.75, 3.05) is 25.5 Å². The lowest BCUT2D eigenvalue weighted by Gasteiger charge is -2.26. The number of nitrogens with zero attached hydrogens (tertiary/aromatic N) is 6. The Morgan fingerprint density at radius 3 is 2.91 bits per heavy atom. The van der Waals surface area contributed by atoms with Crippen LogP contribution in [0.2, 0.25) is 0 Å². The molecular weight excluding hydrogens is 468 g/mol. The first-order chi connectivity index (χ1) is 16.8. The smallest absolute Gasteiger partial charge is 0.374 e. The molecule has 1 aliphatic heterocycles. The summed E-state index contributed by atoms with van der Waals surface area (Å²) in [5.74, 6) is 0.202. The molecule has 1 saturated heterocycles. The highest BCUT2D eigenvalue weighted by Gasteiger charge is 2.31. The number of H-pyrrole nitrogens is 1. The fourth-order valence-electron chi connectivity index (χ4n) is 4.07. The van der Waals surface area contributed by atoms with Crippen molar-refractivity contribution >= 4 is 28.0 Å². The molecule has 1 fully saturated rings. The summed E-state index contributed by atoms with van der Waals surface area (Å²) in [5, 5.41) is 13.8.